The van der Waals surface area contributed by atoms with E-state index in [0.717, 1.165) is 11.4 Å². The summed E-state index contributed by atoms with van der Waals surface area (Å²) in [7, 11) is 2.19. The smallest absolute Gasteiger partial charge is 0.0611 e. The Balaban J connectivity index is 2.25. The monoisotopic (exact) mass is 261 g/mol. The van der Waals surface area contributed by atoms with E-state index >= 15 is 0 Å². The molecule has 0 aliphatic carbocycles. The highest BCUT2D eigenvalue weighted by atomic mass is 15.1. The Labute approximate surface area is 117 Å². The van der Waals surface area contributed by atoms with E-state index in [9.17, 15) is 0 Å². The third kappa shape index (κ3) is 2.71. The predicted octanol–water partition coefficient (Wildman–Crippen LogP) is 3.01. The van der Waals surface area contributed by atoms with E-state index in [1.165, 1.54) is 48.2 Å². The predicted molar refractivity (Wildman–Crippen MR) is 83.9 cm³/mol. The average Bonchev–Trinajstić information content (AvgIpc) is 2.41. The van der Waals surface area contributed by atoms with Crippen molar-refractivity contribution in [3.05, 3.63) is 22.3 Å². The van der Waals surface area contributed by atoms with Crippen molar-refractivity contribution in [3.8, 4) is 0 Å². The first-order valence-corrected chi connectivity index (χ1v) is 7.22. The number of piperidine rings is 1. The van der Waals surface area contributed by atoms with Crippen LogP contribution >= 0.6 is 0 Å². The Kier molecular flexibility index (Phi) is 4.04. The number of benzene rings is 1. The van der Waals surface area contributed by atoms with Gasteiger partial charge in [0.25, 0.3) is 0 Å². The third-order valence-corrected chi connectivity index (χ3v) is 4.80. The number of hydrogen-bond donors (Lipinski definition) is 2. The van der Waals surface area contributed by atoms with Crippen LogP contribution in [0, 0.1) is 27.7 Å². The van der Waals surface area contributed by atoms with Gasteiger partial charge in [-0.15, -0.1) is 0 Å². The second-order valence-corrected chi connectivity index (χ2v) is 6.01. The molecule has 1 aromatic rings. The fourth-order valence-electron chi connectivity index (χ4n) is 2.88. The summed E-state index contributed by atoms with van der Waals surface area (Å²) >= 11 is 0. The summed E-state index contributed by atoms with van der Waals surface area (Å²) in [5, 5.41) is 3.70. The molecule has 3 nitrogen and oxygen atoms in total. The molecule has 0 spiro atoms. The number of hydrogen-bond acceptors (Lipinski definition) is 3. The molecule has 0 saturated carbocycles. The molecule has 3 N–H and O–H groups in total. The van der Waals surface area contributed by atoms with Gasteiger partial charge < -0.3 is 16.0 Å². The van der Waals surface area contributed by atoms with Crippen molar-refractivity contribution in [1.29, 1.82) is 0 Å². The van der Waals surface area contributed by atoms with Crippen LogP contribution in [0.5, 0.6) is 0 Å². The standard InChI is InChI=1S/C16H27N3/c1-10-11(2)13(4)16(15(17)12(10)3)18-14-6-8-19(5)9-7-14/h14,18H,6-9,17H2,1-5H3. The maximum absolute atomic E-state index is 6.32. The molecule has 106 valence electrons. The van der Waals surface area contributed by atoms with Crippen LogP contribution in [-0.2, 0) is 0 Å². The number of rotatable bonds is 2. The molecule has 0 aromatic heterocycles. The topological polar surface area (TPSA) is 41.3 Å². The number of anilines is 2. The Bertz CT molecular complexity index is 442. The van der Waals surface area contributed by atoms with Crippen LogP contribution in [0.1, 0.15) is 35.1 Å². The Morgan fingerprint density at radius 2 is 1.47 bits per heavy atom. The molecule has 0 bridgehead atoms. The minimum atomic E-state index is 0.554. The average molecular weight is 261 g/mol. The number of likely N-dealkylation sites (tertiary alicyclic amines) is 1. The molecule has 1 saturated heterocycles. The van der Waals surface area contributed by atoms with Crippen LogP contribution < -0.4 is 11.1 Å². The van der Waals surface area contributed by atoms with Crippen molar-refractivity contribution < 1.29 is 0 Å². The highest BCUT2D eigenvalue weighted by Crippen LogP contribution is 2.34. The van der Waals surface area contributed by atoms with Crippen LogP contribution in [0.3, 0.4) is 0 Å². The van der Waals surface area contributed by atoms with Gasteiger partial charge in [0.15, 0.2) is 0 Å². The molecule has 3 heteroatoms. The molecule has 1 aliphatic heterocycles. The van der Waals surface area contributed by atoms with Gasteiger partial charge in [0.05, 0.1) is 11.4 Å². The van der Waals surface area contributed by atoms with Crippen LogP contribution in [0.2, 0.25) is 0 Å². The van der Waals surface area contributed by atoms with Gasteiger partial charge in [-0.25, -0.2) is 0 Å². The van der Waals surface area contributed by atoms with Gasteiger partial charge >= 0.3 is 0 Å². The quantitative estimate of drug-likeness (QED) is 0.804. The maximum Gasteiger partial charge on any atom is 0.0611 e. The highest BCUT2D eigenvalue weighted by Gasteiger charge is 2.19. The SMILES string of the molecule is Cc1c(C)c(C)c(NC2CCN(C)CC2)c(N)c1C. The Morgan fingerprint density at radius 3 is 2.05 bits per heavy atom. The fraction of sp³-hybridized carbons (Fsp3) is 0.625. The first-order chi connectivity index (χ1) is 8.91. The fourth-order valence-corrected chi connectivity index (χ4v) is 2.88. The summed E-state index contributed by atoms with van der Waals surface area (Å²) in [6.07, 6.45) is 2.39. The molecule has 1 heterocycles. The normalized spacial score (nSPS) is 17.7. The Hall–Kier alpha value is -1.22. The Morgan fingerprint density at radius 1 is 0.947 bits per heavy atom. The first-order valence-electron chi connectivity index (χ1n) is 7.22. The molecule has 19 heavy (non-hydrogen) atoms. The lowest BCUT2D eigenvalue weighted by Crippen LogP contribution is -2.37. The lowest BCUT2D eigenvalue weighted by atomic mass is 9.94. The van der Waals surface area contributed by atoms with E-state index in [1.54, 1.807) is 0 Å². The number of nitrogens with zero attached hydrogens (tertiary/aromatic N) is 1. The number of nitrogens with two attached hydrogens (primary N) is 1. The van der Waals surface area contributed by atoms with E-state index in [1.807, 2.05) is 0 Å². The molecule has 0 radical (unpaired) electrons. The summed E-state index contributed by atoms with van der Waals surface area (Å²) in [6, 6.07) is 0.554. The van der Waals surface area contributed by atoms with E-state index in [2.05, 4.69) is 45.0 Å². The highest BCUT2D eigenvalue weighted by molar-refractivity contribution is 5.77. The molecule has 0 unspecified atom stereocenters. The molecule has 1 fully saturated rings. The molecular formula is C16H27N3. The van der Waals surface area contributed by atoms with Gasteiger partial charge in [0.2, 0.25) is 0 Å². The van der Waals surface area contributed by atoms with E-state index in [4.69, 9.17) is 5.73 Å². The third-order valence-electron chi connectivity index (χ3n) is 4.80. The zero-order valence-electron chi connectivity index (χ0n) is 12.9. The van der Waals surface area contributed by atoms with Gasteiger partial charge in [-0.2, -0.15) is 0 Å². The summed E-state index contributed by atoms with van der Waals surface area (Å²) < 4.78 is 0. The number of nitrogen functional groups attached to an aromatic ring is 1. The van der Waals surface area contributed by atoms with Crippen LogP contribution in [0.15, 0.2) is 0 Å². The lowest BCUT2D eigenvalue weighted by Gasteiger charge is -2.31. The van der Waals surface area contributed by atoms with Crippen molar-refractivity contribution in [2.45, 2.75) is 46.6 Å². The zero-order chi connectivity index (χ0) is 14.2. The van der Waals surface area contributed by atoms with Gasteiger partial charge in [0.1, 0.15) is 0 Å². The van der Waals surface area contributed by atoms with Crippen molar-refractivity contribution in [2.75, 3.05) is 31.2 Å². The van der Waals surface area contributed by atoms with Gasteiger partial charge in [-0.1, -0.05) is 0 Å². The molecule has 0 amide bonds. The zero-order valence-corrected chi connectivity index (χ0v) is 12.9. The van der Waals surface area contributed by atoms with Crippen LogP contribution in [0.25, 0.3) is 0 Å². The summed E-state index contributed by atoms with van der Waals surface area (Å²) in [4.78, 5) is 2.39. The van der Waals surface area contributed by atoms with Crippen LogP contribution in [0.4, 0.5) is 11.4 Å². The van der Waals surface area contributed by atoms with E-state index < -0.39 is 0 Å². The molecular weight excluding hydrogens is 234 g/mol. The lowest BCUT2D eigenvalue weighted by molar-refractivity contribution is 0.264. The summed E-state index contributed by atoms with van der Waals surface area (Å²) in [6.45, 7) is 11.0. The summed E-state index contributed by atoms with van der Waals surface area (Å²) in [5.41, 5.74) is 13.6. The minimum Gasteiger partial charge on any atom is -0.397 e. The largest absolute Gasteiger partial charge is 0.397 e. The van der Waals surface area contributed by atoms with E-state index in [-0.39, 0.29) is 0 Å². The number of nitrogens with one attached hydrogen (secondary N) is 1. The van der Waals surface area contributed by atoms with Crippen molar-refractivity contribution in [3.63, 3.8) is 0 Å². The van der Waals surface area contributed by atoms with E-state index in [0.29, 0.717) is 6.04 Å². The molecule has 1 aromatic carbocycles. The van der Waals surface area contributed by atoms with Crippen molar-refractivity contribution in [1.82, 2.24) is 4.90 Å². The second kappa shape index (κ2) is 5.41. The van der Waals surface area contributed by atoms with Crippen molar-refractivity contribution in [2.24, 2.45) is 0 Å². The van der Waals surface area contributed by atoms with Gasteiger partial charge in [-0.3, -0.25) is 0 Å². The van der Waals surface area contributed by atoms with Crippen molar-refractivity contribution >= 4 is 11.4 Å². The second-order valence-electron chi connectivity index (χ2n) is 6.01. The maximum atomic E-state index is 6.32. The molecule has 2 rings (SSSR count). The minimum absolute atomic E-state index is 0.554. The van der Waals surface area contributed by atoms with Gasteiger partial charge in [-0.05, 0) is 82.9 Å². The first kappa shape index (κ1) is 14.2. The van der Waals surface area contributed by atoms with Crippen LogP contribution in [-0.4, -0.2) is 31.1 Å². The molecule has 0 atom stereocenters. The summed E-state index contributed by atoms with van der Waals surface area (Å²) in [5.74, 6) is 0. The molecule has 1 aliphatic rings. The van der Waals surface area contributed by atoms with Gasteiger partial charge in [0, 0.05) is 6.04 Å².